The molecule has 0 saturated heterocycles. The van der Waals surface area contributed by atoms with Crippen LogP contribution in [0.3, 0.4) is 0 Å². The number of imidazole rings is 1. The molecule has 3 N–H and O–H groups in total. The van der Waals surface area contributed by atoms with Crippen LogP contribution in [0.1, 0.15) is 13.8 Å². The summed E-state index contributed by atoms with van der Waals surface area (Å²) in [5.74, 6) is -0.0605. The largest absolute Gasteiger partial charge is 0.325 e. The van der Waals surface area contributed by atoms with Crippen LogP contribution in [0.5, 0.6) is 0 Å². The summed E-state index contributed by atoms with van der Waals surface area (Å²) < 4.78 is 1.87. The van der Waals surface area contributed by atoms with E-state index in [2.05, 4.69) is 10.3 Å². The molecular formula is C14H20Cl2N4O. The van der Waals surface area contributed by atoms with Gasteiger partial charge in [-0.2, -0.15) is 0 Å². The van der Waals surface area contributed by atoms with Crippen molar-refractivity contribution in [2.24, 2.45) is 11.7 Å². The first-order chi connectivity index (χ1) is 9.08. The van der Waals surface area contributed by atoms with E-state index in [0.29, 0.717) is 0 Å². The zero-order valence-electron chi connectivity index (χ0n) is 11.9. The Morgan fingerprint density at radius 1 is 1.33 bits per heavy atom. The Morgan fingerprint density at radius 2 is 2.05 bits per heavy atom. The van der Waals surface area contributed by atoms with Crippen molar-refractivity contribution < 1.29 is 4.79 Å². The molecule has 2 rings (SSSR count). The van der Waals surface area contributed by atoms with Gasteiger partial charge in [0.1, 0.15) is 0 Å². The molecule has 0 saturated carbocycles. The van der Waals surface area contributed by atoms with Gasteiger partial charge in [-0.3, -0.25) is 4.79 Å². The molecule has 0 aliphatic carbocycles. The minimum atomic E-state index is -0.503. The number of carbonyl (C=O) groups excluding carboxylic acids is 1. The summed E-state index contributed by atoms with van der Waals surface area (Å²) in [6, 6.07) is 7.04. The number of aromatic nitrogens is 2. The van der Waals surface area contributed by atoms with Gasteiger partial charge in [-0.15, -0.1) is 24.8 Å². The van der Waals surface area contributed by atoms with E-state index < -0.39 is 6.04 Å². The van der Waals surface area contributed by atoms with Crippen LogP contribution in [0.15, 0.2) is 43.0 Å². The molecule has 7 heteroatoms. The van der Waals surface area contributed by atoms with E-state index in [1.165, 1.54) is 0 Å². The zero-order chi connectivity index (χ0) is 13.8. The monoisotopic (exact) mass is 330 g/mol. The van der Waals surface area contributed by atoms with Crippen LogP contribution in [-0.2, 0) is 4.79 Å². The maximum absolute atomic E-state index is 11.9. The molecule has 2 aromatic rings. The number of benzene rings is 1. The summed E-state index contributed by atoms with van der Waals surface area (Å²) in [5, 5.41) is 2.83. The van der Waals surface area contributed by atoms with Gasteiger partial charge in [0, 0.05) is 23.8 Å². The second kappa shape index (κ2) is 8.67. The van der Waals surface area contributed by atoms with E-state index in [0.717, 1.165) is 11.4 Å². The Morgan fingerprint density at radius 3 is 2.62 bits per heavy atom. The topological polar surface area (TPSA) is 72.9 Å². The van der Waals surface area contributed by atoms with E-state index in [1.807, 2.05) is 48.9 Å². The number of carbonyl (C=O) groups is 1. The van der Waals surface area contributed by atoms with Crippen molar-refractivity contribution in [2.45, 2.75) is 19.9 Å². The van der Waals surface area contributed by atoms with E-state index in [9.17, 15) is 4.79 Å². The SMILES string of the molecule is CC(C)[C@H](N)C(=O)Nc1cccc(-n2ccnc2)c1.Cl.Cl. The van der Waals surface area contributed by atoms with Crippen LogP contribution in [0.25, 0.3) is 5.69 Å². The summed E-state index contributed by atoms with van der Waals surface area (Å²) in [6.07, 6.45) is 5.27. The van der Waals surface area contributed by atoms with Crippen molar-refractivity contribution in [3.05, 3.63) is 43.0 Å². The van der Waals surface area contributed by atoms with Gasteiger partial charge in [-0.25, -0.2) is 4.98 Å². The van der Waals surface area contributed by atoms with Crippen LogP contribution in [-0.4, -0.2) is 21.5 Å². The van der Waals surface area contributed by atoms with Gasteiger partial charge >= 0.3 is 0 Å². The molecule has 0 unspecified atom stereocenters. The molecule has 0 aliphatic rings. The quantitative estimate of drug-likeness (QED) is 0.905. The Bertz CT molecular complexity index is 558. The number of amides is 1. The summed E-state index contributed by atoms with van der Waals surface area (Å²) in [4.78, 5) is 15.9. The van der Waals surface area contributed by atoms with Gasteiger partial charge in [0.05, 0.1) is 12.4 Å². The maximum atomic E-state index is 11.9. The third-order valence-corrected chi connectivity index (χ3v) is 2.94. The zero-order valence-corrected chi connectivity index (χ0v) is 13.5. The van der Waals surface area contributed by atoms with Crippen LogP contribution < -0.4 is 11.1 Å². The Labute approximate surface area is 136 Å². The number of anilines is 1. The van der Waals surface area contributed by atoms with E-state index >= 15 is 0 Å². The van der Waals surface area contributed by atoms with Gasteiger partial charge in [0.25, 0.3) is 0 Å². The Balaban J connectivity index is 0.00000200. The molecule has 116 valence electrons. The van der Waals surface area contributed by atoms with Gasteiger partial charge in [0.15, 0.2) is 0 Å². The summed E-state index contributed by atoms with van der Waals surface area (Å²) in [7, 11) is 0. The molecule has 1 atom stereocenters. The first-order valence-electron chi connectivity index (χ1n) is 6.23. The van der Waals surface area contributed by atoms with E-state index in [4.69, 9.17) is 5.73 Å². The lowest BCUT2D eigenvalue weighted by Crippen LogP contribution is -2.39. The molecular weight excluding hydrogens is 311 g/mol. The van der Waals surface area contributed by atoms with Gasteiger partial charge < -0.3 is 15.6 Å². The standard InChI is InChI=1S/C14H18N4O.2ClH/c1-10(2)13(15)14(19)17-11-4-3-5-12(8-11)18-7-6-16-9-18;;/h3-10,13H,15H2,1-2H3,(H,17,19);2*1H/t13-;;/m0../s1. The number of hydrogen-bond donors (Lipinski definition) is 2. The molecule has 21 heavy (non-hydrogen) atoms. The fourth-order valence-electron chi connectivity index (χ4n) is 1.68. The summed E-state index contributed by atoms with van der Waals surface area (Å²) >= 11 is 0. The number of nitrogens with zero attached hydrogens (tertiary/aromatic N) is 2. The number of halogens is 2. The molecule has 0 radical (unpaired) electrons. The van der Waals surface area contributed by atoms with Crippen molar-refractivity contribution in [1.29, 1.82) is 0 Å². The molecule has 1 aromatic heterocycles. The molecule has 1 amide bonds. The molecule has 5 nitrogen and oxygen atoms in total. The lowest BCUT2D eigenvalue weighted by Gasteiger charge is -2.15. The second-order valence-electron chi connectivity index (χ2n) is 4.78. The number of hydrogen-bond acceptors (Lipinski definition) is 3. The lowest BCUT2D eigenvalue weighted by atomic mass is 10.0. The van der Waals surface area contributed by atoms with Gasteiger partial charge in [-0.05, 0) is 24.1 Å². The number of rotatable bonds is 4. The average Bonchev–Trinajstić information content (AvgIpc) is 2.91. The van der Waals surface area contributed by atoms with Crippen molar-refractivity contribution in [3.8, 4) is 5.69 Å². The normalized spacial score (nSPS) is 11.2. The highest BCUT2D eigenvalue weighted by molar-refractivity contribution is 5.95. The highest BCUT2D eigenvalue weighted by Crippen LogP contribution is 2.15. The minimum Gasteiger partial charge on any atom is -0.325 e. The van der Waals surface area contributed by atoms with Crippen molar-refractivity contribution in [2.75, 3.05) is 5.32 Å². The van der Waals surface area contributed by atoms with Crippen molar-refractivity contribution in [3.63, 3.8) is 0 Å². The maximum Gasteiger partial charge on any atom is 0.241 e. The molecule has 1 aromatic carbocycles. The molecule has 1 heterocycles. The van der Waals surface area contributed by atoms with Gasteiger partial charge in [0.2, 0.25) is 5.91 Å². The van der Waals surface area contributed by atoms with Crippen molar-refractivity contribution in [1.82, 2.24) is 9.55 Å². The first kappa shape index (κ1) is 19.4. The molecule has 0 spiro atoms. The second-order valence-corrected chi connectivity index (χ2v) is 4.78. The number of nitrogens with two attached hydrogens (primary N) is 1. The predicted molar refractivity (Wildman–Crippen MR) is 89.5 cm³/mol. The third-order valence-electron chi connectivity index (χ3n) is 2.94. The highest BCUT2D eigenvalue weighted by atomic mass is 35.5. The van der Waals surface area contributed by atoms with Gasteiger partial charge in [-0.1, -0.05) is 19.9 Å². The van der Waals surface area contributed by atoms with Crippen LogP contribution in [0.2, 0.25) is 0 Å². The molecule has 0 bridgehead atoms. The van der Waals surface area contributed by atoms with E-state index in [1.54, 1.807) is 12.5 Å². The fourth-order valence-corrected chi connectivity index (χ4v) is 1.68. The minimum absolute atomic E-state index is 0. The smallest absolute Gasteiger partial charge is 0.241 e. The summed E-state index contributed by atoms with van der Waals surface area (Å²) in [5.41, 5.74) is 7.48. The fraction of sp³-hybridized carbons (Fsp3) is 0.286. The molecule has 0 fully saturated rings. The molecule has 0 aliphatic heterocycles. The average molecular weight is 331 g/mol. The first-order valence-corrected chi connectivity index (χ1v) is 6.23. The van der Waals surface area contributed by atoms with E-state index in [-0.39, 0.29) is 36.6 Å². The highest BCUT2D eigenvalue weighted by Gasteiger charge is 2.17. The summed E-state index contributed by atoms with van der Waals surface area (Å²) in [6.45, 7) is 3.85. The van der Waals surface area contributed by atoms with Crippen LogP contribution >= 0.6 is 24.8 Å². The number of nitrogens with one attached hydrogen (secondary N) is 1. The van der Waals surface area contributed by atoms with Crippen LogP contribution in [0, 0.1) is 5.92 Å². The Hall–Kier alpha value is -1.56. The third kappa shape index (κ3) is 5.04. The van der Waals surface area contributed by atoms with Crippen molar-refractivity contribution >= 4 is 36.4 Å². The Kier molecular flexibility index (Phi) is 8.02. The lowest BCUT2D eigenvalue weighted by molar-refractivity contribution is -0.118. The van der Waals surface area contributed by atoms with Crippen LogP contribution in [0.4, 0.5) is 5.69 Å². The predicted octanol–water partition coefficient (Wildman–Crippen LogP) is 2.64.